The third kappa shape index (κ3) is 1.46. The first-order chi connectivity index (χ1) is 8.93. The molecule has 1 aliphatic carbocycles. The van der Waals surface area contributed by atoms with Crippen LogP contribution in [0.4, 0.5) is 0 Å². The highest BCUT2D eigenvalue weighted by Crippen LogP contribution is 2.43. The molecule has 1 fully saturated rings. The van der Waals surface area contributed by atoms with Crippen molar-refractivity contribution in [1.82, 2.24) is 9.55 Å². The van der Waals surface area contributed by atoms with Gasteiger partial charge in [0.25, 0.3) is 0 Å². The maximum absolute atomic E-state index is 4.14. The van der Waals surface area contributed by atoms with Gasteiger partial charge in [0.05, 0.1) is 12.0 Å². The van der Waals surface area contributed by atoms with Crippen molar-refractivity contribution in [2.75, 3.05) is 0 Å². The van der Waals surface area contributed by atoms with Crippen LogP contribution in [-0.4, -0.2) is 9.55 Å². The summed E-state index contributed by atoms with van der Waals surface area (Å²) >= 11 is 0. The van der Waals surface area contributed by atoms with E-state index in [4.69, 9.17) is 0 Å². The van der Waals surface area contributed by atoms with E-state index in [2.05, 4.69) is 45.9 Å². The zero-order chi connectivity index (χ0) is 11.9. The second-order valence-electron chi connectivity index (χ2n) is 4.96. The van der Waals surface area contributed by atoms with Gasteiger partial charge in [-0.25, -0.2) is 4.98 Å². The smallest absolute Gasteiger partial charge is 0.0991 e. The highest BCUT2D eigenvalue weighted by Gasteiger charge is 2.25. The highest BCUT2D eigenvalue weighted by atomic mass is 15.0. The summed E-state index contributed by atoms with van der Waals surface area (Å²) in [6, 6.07) is 13.2. The van der Waals surface area contributed by atoms with Crippen molar-refractivity contribution in [2.45, 2.75) is 18.8 Å². The Bertz CT molecular complexity index is 694. The number of fused-ring (bicyclic) bond motifs is 1. The molecule has 0 bridgehead atoms. The first kappa shape index (κ1) is 9.89. The molecule has 0 aliphatic heterocycles. The Balaban J connectivity index is 2.03. The third-order valence-corrected chi connectivity index (χ3v) is 3.73. The maximum atomic E-state index is 4.14. The van der Waals surface area contributed by atoms with Crippen molar-refractivity contribution in [1.29, 1.82) is 0 Å². The average Bonchev–Trinajstić information content (AvgIpc) is 3.12. The Kier molecular flexibility index (Phi) is 2.04. The molecule has 1 aliphatic rings. The molecule has 1 aromatic heterocycles. The molecule has 88 valence electrons. The van der Waals surface area contributed by atoms with Crippen LogP contribution in [0.3, 0.4) is 0 Å². The van der Waals surface area contributed by atoms with Gasteiger partial charge in [-0.1, -0.05) is 30.3 Å². The molecule has 3 aromatic rings. The molecule has 0 spiro atoms. The summed E-state index contributed by atoms with van der Waals surface area (Å²) in [5.41, 5.74) is 2.72. The lowest BCUT2D eigenvalue weighted by molar-refractivity contribution is 1.06. The van der Waals surface area contributed by atoms with Crippen molar-refractivity contribution in [3.05, 3.63) is 60.7 Å². The quantitative estimate of drug-likeness (QED) is 0.657. The van der Waals surface area contributed by atoms with Crippen molar-refractivity contribution in [3.8, 4) is 5.69 Å². The molecule has 0 amide bonds. The third-order valence-electron chi connectivity index (χ3n) is 3.73. The predicted octanol–water partition coefficient (Wildman–Crippen LogP) is 3.90. The zero-order valence-corrected chi connectivity index (χ0v) is 10.1. The first-order valence-electron chi connectivity index (χ1n) is 6.43. The molecule has 2 heteroatoms. The summed E-state index contributed by atoms with van der Waals surface area (Å²) < 4.78 is 2.08. The Morgan fingerprint density at radius 2 is 1.83 bits per heavy atom. The topological polar surface area (TPSA) is 17.8 Å². The van der Waals surface area contributed by atoms with Crippen molar-refractivity contribution >= 4 is 10.8 Å². The van der Waals surface area contributed by atoms with E-state index in [1.807, 2.05) is 18.7 Å². The maximum Gasteiger partial charge on any atom is 0.0991 e. The summed E-state index contributed by atoms with van der Waals surface area (Å²) in [6.07, 6.45) is 8.36. The zero-order valence-electron chi connectivity index (χ0n) is 10.1. The lowest BCUT2D eigenvalue weighted by Crippen LogP contribution is -1.94. The van der Waals surface area contributed by atoms with Crippen LogP contribution >= 0.6 is 0 Å². The van der Waals surface area contributed by atoms with Gasteiger partial charge in [-0.15, -0.1) is 0 Å². The van der Waals surface area contributed by atoms with Crippen LogP contribution in [0.1, 0.15) is 24.3 Å². The van der Waals surface area contributed by atoms with Crippen molar-refractivity contribution in [3.63, 3.8) is 0 Å². The van der Waals surface area contributed by atoms with E-state index < -0.39 is 0 Å². The van der Waals surface area contributed by atoms with E-state index >= 15 is 0 Å². The fourth-order valence-electron chi connectivity index (χ4n) is 2.68. The van der Waals surface area contributed by atoms with E-state index in [-0.39, 0.29) is 0 Å². The van der Waals surface area contributed by atoms with Crippen molar-refractivity contribution < 1.29 is 0 Å². The SMILES string of the molecule is c1ccc2c(-n3ccnc3)ccc(C3CC3)c2c1. The summed E-state index contributed by atoms with van der Waals surface area (Å²) in [5, 5.41) is 2.71. The van der Waals surface area contributed by atoms with E-state index in [1.165, 1.54) is 34.9 Å². The Labute approximate surface area is 106 Å². The lowest BCUT2D eigenvalue weighted by Gasteiger charge is -2.11. The molecule has 2 aromatic carbocycles. The number of hydrogen-bond acceptors (Lipinski definition) is 1. The molecule has 18 heavy (non-hydrogen) atoms. The number of nitrogens with zero attached hydrogens (tertiary/aromatic N) is 2. The average molecular weight is 234 g/mol. The number of rotatable bonds is 2. The van der Waals surface area contributed by atoms with Gasteiger partial charge in [-0.3, -0.25) is 0 Å². The molecule has 4 rings (SSSR count). The molecule has 0 atom stereocenters. The van der Waals surface area contributed by atoms with Crippen LogP contribution in [0, 0.1) is 0 Å². The standard InChI is InChI=1S/C16H14N2/c1-2-4-15-14(3-1)13(12-5-6-12)7-8-16(15)18-10-9-17-11-18/h1-4,7-12H,5-6H2. The number of imidazole rings is 1. The summed E-state index contributed by atoms with van der Waals surface area (Å²) in [7, 11) is 0. The molecule has 0 unspecified atom stereocenters. The van der Waals surface area contributed by atoms with Gasteiger partial charge in [-0.05, 0) is 35.8 Å². The molecule has 2 nitrogen and oxygen atoms in total. The molecule has 0 saturated heterocycles. The summed E-state index contributed by atoms with van der Waals surface area (Å²) in [6.45, 7) is 0. The molecular weight excluding hydrogens is 220 g/mol. The van der Waals surface area contributed by atoms with Gasteiger partial charge in [0.2, 0.25) is 0 Å². The van der Waals surface area contributed by atoms with Crippen molar-refractivity contribution in [2.24, 2.45) is 0 Å². The van der Waals surface area contributed by atoms with E-state index in [0.29, 0.717) is 0 Å². The molecule has 0 radical (unpaired) electrons. The minimum Gasteiger partial charge on any atom is -0.306 e. The van der Waals surface area contributed by atoms with Gasteiger partial charge in [0.15, 0.2) is 0 Å². The lowest BCUT2D eigenvalue weighted by atomic mass is 9.99. The fourth-order valence-corrected chi connectivity index (χ4v) is 2.68. The monoisotopic (exact) mass is 234 g/mol. The number of benzene rings is 2. The van der Waals surface area contributed by atoms with E-state index in [0.717, 1.165) is 5.92 Å². The van der Waals surface area contributed by atoms with Gasteiger partial charge < -0.3 is 4.57 Å². The minimum atomic E-state index is 0.784. The van der Waals surface area contributed by atoms with Gasteiger partial charge in [0.1, 0.15) is 0 Å². The predicted molar refractivity (Wildman–Crippen MR) is 73.0 cm³/mol. The van der Waals surface area contributed by atoms with Crippen LogP contribution in [-0.2, 0) is 0 Å². The Morgan fingerprint density at radius 3 is 2.56 bits per heavy atom. The highest BCUT2D eigenvalue weighted by molar-refractivity contribution is 5.93. The normalized spacial score (nSPS) is 15.1. The van der Waals surface area contributed by atoms with Gasteiger partial charge >= 0.3 is 0 Å². The molecule has 0 N–H and O–H groups in total. The van der Waals surface area contributed by atoms with Crippen LogP contribution in [0.2, 0.25) is 0 Å². The number of hydrogen-bond donors (Lipinski definition) is 0. The molecular formula is C16H14N2. The minimum absolute atomic E-state index is 0.784. The fraction of sp³-hybridized carbons (Fsp3) is 0.188. The van der Waals surface area contributed by atoms with Crippen LogP contribution in [0.25, 0.3) is 16.5 Å². The summed E-state index contributed by atoms with van der Waals surface area (Å²) in [4.78, 5) is 4.14. The van der Waals surface area contributed by atoms with Crippen LogP contribution in [0.15, 0.2) is 55.1 Å². The molecule has 1 saturated carbocycles. The van der Waals surface area contributed by atoms with Gasteiger partial charge in [0, 0.05) is 17.8 Å². The first-order valence-corrected chi connectivity index (χ1v) is 6.43. The van der Waals surface area contributed by atoms with E-state index in [9.17, 15) is 0 Å². The van der Waals surface area contributed by atoms with E-state index in [1.54, 1.807) is 0 Å². The van der Waals surface area contributed by atoms with Gasteiger partial charge in [-0.2, -0.15) is 0 Å². The largest absolute Gasteiger partial charge is 0.306 e. The Hall–Kier alpha value is -2.09. The van der Waals surface area contributed by atoms with Crippen LogP contribution in [0.5, 0.6) is 0 Å². The Morgan fingerprint density at radius 1 is 1.00 bits per heavy atom. The van der Waals surface area contributed by atoms with Crippen LogP contribution < -0.4 is 0 Å². The summed E-state index contributed by atoms with van der Waals surface area (Å²) in [5.74, 6) is 0.784. The molecule has 1 heterocycles. The second-order valence-corrected chi connectivity index (χ2v) is 4.96. The number of aromatic nitrogens is 2. The second kappa shape index (κ2) is 3.70.